The van der Waals surface area contributed by atoms with Gasteiger partial charge in [-0.3, -0.25) is 4.79 Å². The molecule has 0 fully saturated rings. The molecular formula is C12H13Cl2N3OS. The molecule has 0 bridgehead atoms. The monoisotopic (exact) mass is 317 g/mol. The second-order valence-electron chi connectivity index (χ2n) is 3.88. The van der Waals surface area contributed by atoms with Gasteiger partial charge in [0.05, 0.1) is 16.2 Å². The van der Waals surface area contributed by atoms with E-state index in [0.717, 1.165) is 10.8 Å². The van der Waals surface area contributed by atoms with E-state index in [2.05, 4.69) is 10.4 Å². The fourth-order valence-corrected chi connectivity index (χ4v) is 2.92. The van der Waals surface area contributed by atoms with Crippen LogP contribution in [0.1, 0.15) is 11.8 Å². The van der Waals surface area contributed by atoms with Crippen LogP contribution in [0.2, 0.25) is 9.36 Å². The van der Waals surface area contributed by atoms with Crippen molar-refractivity contribution in [2.45, 2.75) is 19.9 Å². The zero-order valence-electron chi connectivity index (χ0n) is 10.3. The highest BCUT2D eigenvalue weighted by molar-refractivity contribution is 7.16. The van der Waals surface area contributed by atoms with Gasteiger partial charge in [-0.1, -0.05) is 23.2 Å². The van der Waals surface area contributed by atoms with Crippen LogP contribution in [0.5, 0.6) is 0 Å². The quantitative estimate of drug-likeness (QED) is 0.920. The number of nitrogens with zero attached hydrogens (tertiary/aromatic N) is 2. The van der Waals surface area contributed by atoms with Crippen LogP contribution in [0.4, 0.5) is 5.69 Å². The fourth-order valence-electron chi connectivity index (χ4n) is 1.62. The van der Waals surface area contributed by atoms with Crippen molar-refractivity contribution in [2.24, 2.45) is 0 Å². The van der Waals surface area contributed by atoms with E-state index in [1.165, 1.54) is 9.56 Å². The molecule has 0 amide bonds. The maximum absolute atomic E-state index is 11.8. The third-order valence-electron chi connectivity index (χ3n) is 2.60. The molecule has 2 heterocycles. The van der Waals surface area contributed by atoms with Crippen LogP contribution >= 0.6 is 34.5 Å². The van der Waals surface area contributed by atoms with Crippen LogP contribution in [-0.2, 0) is 13.0 Å². The van der Waals surface area contributed by atoms with Gasteiger partial charge in [-0.2, -0.15) is 5.10 Å². The maximum Gasteiger partial charge on any atom is 0.287 e. The smallest absolute Gasteiger partial charge is 0.287 e. The molecule has 4 nitrogen and oxygen atoms in total. The molecule has 0 spiro atoms. The molecule has 0 unspecified atom stereocenters. The van der Waals surface area contributed by atoms with Gasteiger partial charge in [0.1, 0.15) is 5.02 Å². The van der Waals surface area contributed by atoms with Crippen LogP contribution < -0.4 is 10.9 Å². The van der Waals surface area contributed by atoms with Gasteiger partial charge in [-0.25, -0.2) is 4.68 Å². The lowest BCUT2D eigenvalue weighted by Gasteiger charge is -2.08. The van der Waals surface area contributed by atoms with Crippen LogP contribution in [0, 0.1) is 0 Å². The molecule has 2 aromatic heterocycles. The predicted molar refractivity (Wildman–Crippen MR) is 80.7 cm³/mol. The molecular weight excluding hydrogens is 305 g/mol. The standard InChI is InChI=1S/C12H13Cl2N3OS/c1-2-17-12(18)11(14)9(7-16-17)15-6-5-8-3-4-10(13)19-8/h3-4,7,15H,2,5-6H2,1H3. The lowest BCUT2D eigenvalue weighted by Crippen LogP contribution is -2.23. The molecule has 0 aliphatic carbocycles. The molecule has 0 atom stereocenters. The summed E-state index contributed by atoms with van der Waals surface area (Å²) < 4.78 is 2.10. The van der Waals surface area contributed by atoms with Gasteiger partial charge < -0.3 is 5.32 Å². The van der Waals surface area contributed by atoms with E-state index < -0.39 is 0 Å². The van der Waals surface area contributed by atoms with Crippen molar-refractivity contribution in [1.29, 1.82) is 0 Å². The van der Waals surface area contributed by atoms with Crippen molar-refractivity contribution in [3.05, 3.63) is 42.9 Å². The van der Waals surface area contributed by atoms with E-state index in [4.69, 9.17) is 23.2 Å². The highest BCUT2D eigenvalue weighted by Gasteiger charge is 2.08. The van der Waals surface area contributed by atoms with Gasteiger partial charge in [-0.15, -0.1) is 11.3 Å². The molecule has 7 heteroatoms. The normalized spacial score (nSPS) is 10.7. The number of anilines is 1. The average molecular weight is 318 g/mol. The lowest BCUT2D eigenvalue weighted by molar-refractivity contribution is 0.616. The van der Waals surface area contributed by atoms with Crippen LogP contribution in [0.15, 0.2) is 23.1 Å². The van der Waals surface area contributed by atoms with Crippen molar-refractivity contribution < 1.29 is 0 Å². The summed E-state index contributed by atoms with van der Waals surface area (Å²) in [4.78, 5) is 13.0. The summed E-state index contributed by atoms with van der Waals surface area (Å²) in [6, 6.07) is 3.86. The number of aryl methyl sites for hydroxylation is 1. The molecule has 0 radical (unpaired) electrons. The Morgan fingerprint density at radius 2 is 2.21 bits per heavy atom. The Kier molecular flexibility index (Phi) is 4.85. The van der Waals surface area contributed by atoms with Crippen molar-refractivity contribution in [3.8, 4) is 0 Å². The summed E-state index contributed by atoms with van der Waals surface area (Å²) in [6.07, 6.45) is 2.40. The van der Waals surface area contributed by atoms with E-state index in [-0.39, 0.29) is 10.6 Å². The zero-order chi connectivity index (χ0) is 13.8. The van der Waals surface area contributed by atoms with E-state index >= 15 is 0 Å². The Morgan fingerprint density at radius 3 is 2.84 bits per heavy atom. The van der Waals surface area contributed by atoms with E-state index in [0.29, 0.717) is 18.8 Å². The molecule has 0 aliphatic rings. The zero-order valence-corrected chi connectivity index (χ0v) is 12.6. The third kappa shape index (κ3) is 3.49. The highest BCUT2D eigenvalue weighted by atomic mass is 35.5. The first-order valence-corrected chi connectivity index (χ1v) is 7.42. The largest absolute Gasteiger partial charge is 0.382 e. The summed E-state index contributed by atoms with van der Waals surface area (Å²) in [5, 5.41) is 7.33. The average Bonchev–Trinajstić information content (AvgIpc) is 2.81. The van der Waals surface area contributed by atoms with Crippen molar-refractivity contribution in [3.63, 3.8) is 0 Å². The Balaban J connectivity index is 2.00. The predicted octanol–water partition coefficient (Wildman–Crippen LogP) is 3.29. The Labute approximate surface area is 125 Å². The van der Waals surface area contributed by atoms with Crippen LogP contribution in [-0.4, -0.2) is 16.3 Å². The molecule has 102 valence electrons. The molecule has 1 N–H and O–H groups in total. The minimum absolute atomic E-state index is 0.182. The van der Waals surface area contributed by atoms with Crippen molar-refractivity contribution >= 4 is 40.2 Å². The third-order valence-corrected chi connectivity index (χ3v) is 4.26. The fraction of sp³-hybridized carbons (Fsp3) is 0.333. The van der Waals surface area contributed by atoms with E-state index in [1.807, 2.05) is 19.1 Å². The molecule has 2 aromatic rings. The first-order valence-electron chi connectivity index (χ1n) is 5.85. The number of aromatic nitrogens is 2. The summed E-state index contributed by atoms with van der Waals surface area (Å²) in [6.45, 7) is 3.03. The minimum atomic E-state index is -0.270. The first-order chi connectivity index (χ1) is 9.11. The van der Waals surface area contributed by atoms with Gasteiger partial charge in [0.25, 0.3) is 5.56 Å². The number of hydrogen-bond acceptors (Lipinski definition) is 4. The molecule has 0 aliphatic heterocycles. The molecule has 2 rings (SSSR count). The van der Waals surface area contributed by atoms with Gasteiger partial charge in [0, 0.05) is 18.0 Å². The Hall–Kier alpha value is -1.04. The first kappa shape index (κ1) is 14.4. The number of thiophene rings is 1. The summed E-state index contributed by atoms with van der Waals surface area (Å²) in [5.41, 5.74) is 0.298. The maximum atomic E-state index is 11.8. The molecule has 0 saturated heterocycles. The Bertz CT molecular complexity index is 624. The van der Waals surface area contributed by atoms with Gasteiger partial charge in [-0.05, 0) is 25.5 Å². The SMILES string of the molecule is CCn1ncc(NCCc2ccc(Cl)s2)c(Cl)c1=O. The Morgan fingerprint density at radius 1 is 1.42 bits per heavy atom. The summed E-state index contributed by atoms with van der Waals surface area (Å²) in [5.74, 6) is 0. The highest BCUT2D eigenvalue weighted by Crippen LogP contribution is 2.22. The molecule has 0 aromatic carbocycles. The lowest BCUT2D eigenvalue weighted by atomic mass is 10.3. The van der Waals surface area contributed by atoms with Gasteiger partial charge >= 0.3 is 0 Å². The van der Waals surface area contributed by atoms with Gasteiger partial charge in [0.2, 0.25) is 0 Å². The minimum Gasteiger partial charge on any atom is -0.382 e. The molecule has 19 heavy (non-hydrogen) atoms. The number of rotatable bonds is 5. The number of nitrogens with one attached hydrogen (secondary N) is 1. The number of halogens is 2. The topological polar surface area (TPSA) is 46.9 Å². The van der Waals surface area contributed by atoms with Crippen LogP contribution in [0.3, 0.4) is 0 Å². The summed E-state index contributed by atoms with van der Waals surface area (Å²) in [7, 11) is 0. The second-order valence-corrected chi connectivity index (χ2v) is 6.05. The second kappa shape index (κ2) is 6.41. The van der Waals surface area contributed by atoms with Gasteiger partial charge in [0.15, 0.2) is 0 Å². The number of hydrogen-bond donors (Lipinski definition) is 1. The van der Waals surface area contributed by atoms with Crippen molar-refractivity contribution in [2.75, 3.05) is 11.9 Å². The summed E-state index contributed by atoms with van der Waals surface area (Å²) >= 11 is 13.4. The van der Waals surface area contributed by atoms with E-state index in [9.17, 15) is 4.79 Å². The van der Waals surface area contributed by atoms with Crippen molar-refractivity contribution in [1.82, 2.24) is 9.78 Å². The van der Waals surface area contributed by atoms with Crippen LogP contribution in [0.25, 0.3) is 0 Å². The molecule has 0 saturated carbocycles. The van der Waals surface area contributed by atoms with E-state index in [1.54, 1.807) is 17.5 Å².